The number of alkyl halides is 3. The molecule has 1 N–H and O–H groups in total. The van der Waals surface area contributed by atoms with Crippen molar-refractivity contribution < 1.29 is 27.6 Å². The Bertz CT molecular complexity index is 720. The van der Waals surface area contributed by atoms with E-state index in [2.05, 4.69) is 5.32 Å². The number of benzene rings is 1. The molecule has 1 aromatic rings. The molecule has 6 nitrogen and oxygen atoms in total. The summed E-state index contributed by atoms with van der Waals surface area (Å²) in [6.07, 6.45) is -4.94. The van der Waals surface area contributed by atoms with Crippen molar-refractivity contribution in [3.63, 3.8) is 0 Å². The van der Waals surface area contributed by atoms with Gasteiger partial charge in [-0.3, -0.25) is 14.4 Å². The van der Waals surface area contributed by atoms with Crippen molar-refractivity contribution in [3.05, 3.63) is 35.4 Å². The second kappa shape index (κ2) is 6.38. The number of hydrogen-bond acceptors (Lipinski definition) is 3. The molecule has 1 aromatic carbocycles. The second-order valence-corrected chi connectivity index (χ2v) is 5.99. The molecule has 0 bridgehead atoms. The van der Waals surface area contributed by atoms with Crippen molar-refractivity contribution in [3.8, 4) is 0 Å². The van der Waals surface area contributed by atoms with Crippen molar-refractivity contribution in [2.75, 3.05) is 26.2 Å². The Kier molecular flexibility index (Phi) is 4.40. The fourth-order valence-electron chi connectivity index (χ4n) is 3.14. The van der Waals surface area contributed by atoms with Gasteiger partial charge in [0.15, 0.2) is 0 Å². The van der Waals surface area contributed by atoms with Crippen LogP contribution in [-0.2, 0) is 27.0 Å². The van der Waals surface area contributed by atoms with E-state index in [-0.39, 0.29) is 43.6 Å². The third-order valence-electron chi connectivity index (χ3n) is 4.43. The van der Waals surface area contributed by atoms with E-state index in [1.807, 2.05) is 0 Å². The lowest BCUT2D eigenvalue weighted by molar-refractivity contribution is -0.152. The Hall–Kier alpha value is -2.58. The van der Waals surface area contributed by atoms with Crippen molar-refractivity contribution in [1.29, 1.82) is 0 Å². The first-order valence-corrected chi connectivity index (χ1v) is 7.77. The highest BCUT2D eigenvalue weighted by Gasteiger charge is 2.40. The summed E-state index contributed by atoms with van der Waals surface area (Å²) in [4.78, 5) is 38.9. The summed E-state index contributed by atoms with van der Waals surface area (Å²) in [5.74, 6) is -1.07. The summed E-state index contributed by atoms with van der Waals surface area (Å²) in [6, 6.07) is 4.15. The SMILES string of the molecule is O=C1NCC(=O)N2CCN(C(=O)Cc3ccccc3C(F)(F)F)C[C@H]12. The van der Waals surface area contributed by atoms with Crippen LogP contribution >= 0.6 is 0 Å². The fraction of sp³-hybridized carbons (Fsp3) is 0.438. The highest BCUT2D eigenvalue weighted by atomic mass is 19.4. The smallest absolute Gasteiger partial charge is 0.345 e. The normalized spacial score (nSPS) is 21.0. The summed E-state index contributed by atoms with van der Waals surface area (Å²) in [5, 5.41) is 2.45. The molecule has 2 saturated heterocycles. The van der Waals surface area contributed by atoms with Crippen LogP contribution in [0.5, 0.6) is 0 Å². The first kappa shape index (κ1) is 17.2. The summed E-state index contributed by atoms with van der Waals surface area (Å²) < 4.78 is 39.1. The van der Waals surface area contributed by atoms with Gasteiger partial charge < -0.3 is 15.1 Å². The Balaban J connectivity index is 1.73. The van der Waals surface area contributed by atoms with Crippen LogP contribution in [0.25, 0.3) is 0 Å². The minimum atomic E-state index is -4.54. The molecule has 2 aliphatic rings. The summed E-state index contributed by atoms with van der Waals surface area (Å²) in [6.45, 7) is 0.318. The molecule has 0 aromatic heterocycles. The van der Waals surface area contributed by atoms with E-state index < -0.39 is 30.1 Å². The van der Waals surface area contributed by atoms with E-state index in [9.17, 15) is 27.6 Å². The van der Waals surface area contributed by atoms with Crippen LogP contribution in [0, 0.1) is 0 Å². The van der Waals surface area contributed by atoms with Crippen LogP contribution in [-0.4, -0.2) is 59.7 Å². The topological polar surface area (TPSA) is 69.7 Å². The molecular formula is C16H16F3N3O3. The second-order valence-electron chi connectivity index (χ2n) is 5.99. The van der Waals surface area contributed by atoms with Crippen LogP contribution < -0.4 is 5.32 Å². The van der Waals surface area contributed by atoms with Crippen molar-refractivity contribution in [2.24, 2.45) is 0 Å². The van der Waals surface area contributed by atoms with Crippen LogP contribution in [0.3, 0.4) is 0 Å². The fourth-order valence-corrected chi connectivity index (χ4v) is 3.14. The Morgan fingerprint density at radius 2 is 1.92 bits per heavy atom. The molecule has 3 rings (SSSR count). The van der Waals surface area contributed by atoms with Gasteiger partial charge in [-0.1, -0.05) is 18.2 Å². The summed E-state index contributed by atoms with van der Waals surface area (Å²) >= 11 is 0. The molecule has 0 saturated carbocycles. The van der Waals surface area contributed by atoms with Gasteiger partial charge >= 0.3 is 6.18 Å². The minimum absolute atomic E-state index is 0.00933. The number of hydrogen-bond donors (Lipinski definition) is 1. The number of amides is 3. The number of piperazine rings is 2. The molecule has 3 amide bonds. The van der Waals surface area contributed by atoms with Crippen LogP contribution in [0.4, 0.5) is 13.2 Å². The van der Waals surface area contributed by atoms with Crippen molar-refractivity contribution in [2.45, 2.75) is 18.6 Å². The zero-order valence-corrected chi connectivity index (χ0v) is 13.2. The largest absolute Gasteiger partial charge is 0.416 e. The Morgan fingerprint density at radius 3 is 2.64 bits per heavy atom. The number of fused-ring (bicyclic) bond motifs is 1. The highest BCUT2D eigenvalue weighted by molar-refractivity contribution is 5.95. The Labute approximate surface area is 141 Å². The maximum atomic E-state index is 13.0. The third-order valence-corrected chi connectivity index (χ3v) is 4.43. The number of nitrogens with one attached hydrogen (secondary N) is 1. The molecule has 1 atom stereocenters. The summed E-state index contributed by atoms with van der Waals surface area (Å²) in [5.41, 5.74) is -0.945. The lowest BCUT2D eigenvalue weighted by Gasteiger charge is -2.43. The summed E-state index contributed by atoms with van der Waals surface area (Å²) in [7, 11) is 0. The highest BCUT2D eigenvalue weighted by Crippen LogP contribution is 2.32. The molecule has 2 heterocycles. The van der Waals surface area contributed by atoms with Gasteiger partial charge in [-0.25, -0.2) is 0 Å². The first-order valence-electron chi connectivity index (χ1n) is 7.77. The third kappa shape index (κ3) is 3.45. The molecule has 0 radical (unpaired) electrons. The molecule has 2 aliphatic heterocycles. The van der Waals surface area contributed by atoms with Crippen LogP contribution in [0.2, 0.25) is 0 Å². The maximum absolute atomic E-state index is 13.0. The maximum Gasteiger partial charge on any atom is 0.416 e. The van der Waals surface area contributed by atoms with Gasteiger partial charge in [0.05, 0.1) is 25.1 Å². The van der Waals surface area contributed by atoms with E-state index >= 15 is 0 Å². The average molecular weight is 355 g/mol. The van der Waals surface area contributed by atoms with Gasteiger partial charge in [-0.15, -0.1) is 0 Å². The van der Waals surface area contributed by atoms with Gasteiger partial charge in [0.2, 0.25) is 17.7 Å². The van der Waals surface area contributed by atoms with Crippen molar-refractivity contribution >= 4 is 17.7 Å². The molecular weight excluding hydrogens is 339 g/mol. The first-order chi connectivity index (χ1) is 11.8. The predicted molar refractivity (Wildman–Crippen MR) is 80.2 cm³/mol. The predicted octanol–water partition coefficient (Wildman–Crippen LogP) is 0.417. The monoisotopic (exact) mass is 355 g/mol. The average Bonchev–Trinajstić information content (AvgIpc) is 2.57. The van der Waals surface area contributed by atoms with E-state index in [4.69, 9.17) is 0 Å². The van der Waals surface area contributed by atoms with E-state index in [1.54, 1.807) is 0 Å². The van der Waals surface area contributed by atoms with Gasteiger partial charge in [-0.2, -0.15) is 13.2 Å². The molecule has 0 spiro atoms. The zero-order chi connectivity index (χ0) is 18.2. The number of rotatable bonds is 2. The molecule has 9 heteroatoms. The van der Waals surface area contributed by atoms with E-state index in [1.165, 1.54) is 28.0 Å². The minimum Gasteiger partial charge on any atom is -0.345 e. The molecule has 25 heavy (non-hydrogen) atoms. The Morgan fingerprint density at radius 1 is 1.20 bits per heavy atom. The molecule has 2 fully saturated rings. The molecule has 0 aliphatic carbocycles. The number of carbonyl (C=O) groups is 3. The van der Waals surface area contributed by atoms with E-state index in [0.717, 1.165) is 6.07 Å². The van der Waals surface area contributed by atoms with Gasteiger partial charge in [-0.05, 0) is 11.6 Å². The van der Waals surface area contributed by atoms with Gasteiger partial charge in [0, 0.05) is 13.1 Å². The van der Waals surface area contributed by atoms with Crippen LogP contribution in [0.1, 0.15) is 11.1 Å². The number of nitrogens with zero attached hydrogens (tertiary/aromatic N) is 2. The molecule has 0 unspecified atom stereocenters. The lowest BCUT2D eigenvalue weighted by atomic mass is 10.0. The standard InChI is InChI=1S/C16H16F3N3O3/c17-16(18,19)11-4-2-1-3-10(11)7-13(23)21-5-6-22-12(9-21)15(25)20-8-14(22)24/h1-4,12H,5-9H2,(H,20,25)/t12-/m1/s1. The molecule has 134 valence electrons. The number of halogens is 3. The quantitative estimate of drug-likeness (QED) is 0.836. The van der Waals surface area contributed by atoms with E-state index in [0.29, 0.717) is 0 Å². The lowest BCUT2D eigenvalue weighted by Crippen LogP contribution is -2.66. The zero-order valence-electron chi connectivity index (χ0n) is 13.2. The van der Waals surface area contributed by atoms with Gasteiger partial charge in [0.25, 0.3) is 0 Å². The van der Waals surface area contributed by atoms with Gasteiger partial charge in [0.1, 0.15) is 6.04 Å². The van der Waals surface area contributed by atoms with Crippen molar-refractivity contribution in [1.82, 2.24) is 15.1 Å². The van der Waals surface area contributed by atoms with Crippen LogP contribution in [0.15, 0.2) is 24.3 Å². The number of carbonyl (C=O) groups excluding carboxylic acids is 3.